The van der Waals surface area contributed by atoms with E-state index in [0.29, 0.717) is 31.8 Å². The molecular formula is C22H26FN5O2. The lowest BCUT2D eigenvalue weighted by Crippen LogP contribution is -2.41. The number of likely N-dealkylation sites (tertiary alicyclic amines) is 1. The van der Waals surface area contributed by atoms with Crippen molar-refractivity contribution in [1.82, 2.24) is 24.5 Å². The molecule has 158 valence electrons. The quantitative estimate of drug-likeness (QED) is 0.623. The van der Waals surface area contributed by atoms with Crippen LogP contribution in [0.4, 0.5) is 4.39 Å². The number of fused-ring (bicyclic) bond motifs is 1. The van der Waals surface area contributed by atoms with E-state index in [2.05, 4.69) is 15.1 Å². The van der Waals surface area contributed by atoms with Gasteiger partial charge in [-0.1, -0.05) is 12.1 Å². The number of carbonyl (C=O) groups is 1. The first-order valence-corrected chi connectivity index (χ1v) is 10.3. The highest BCUT2D eigenvalue weighted by Crippen LogP contribution is 2.22. The molecule has 1 aliphatic rings. The molecule has 1 aromatic carbocycles. The van der Waals surface area contributed by atoms with Crippen molar-refractivity contribution in [3.8, 4) is 5.75 Å². The first-order valence-electron chi connectivity index (χ1n) is 10.3. The summed E-state index contributed by atoms with van der Waals surface area (Å²) >= 11 is 0. The summed E-state index contributed by atoms with van der Waals surface area (Å²) in [6, 6.07) is 6.42. The molecule has 0 N–H and O–H groups in total. The van der Waals surface area contributed by atoms with Gasteiger partial charge in [0.25, 0.3) is 5.78 Å². The number of benzene rings is 1. The van der Waals surface area contributed by atoms with Crippen LogP contribution in [0.3, 0.4) is 0 Å². The minimum atomic E-state index is -0.357. The molecule has 0 unspecified atom stereocenters. The van der Waals surface area contributed by atoms with Gasteiger partial charge in [0.15, 0.2) is 11.6 Å². The van der Waals surface area contributed by atoms with Crippen LogP contribution in [0.25, 0.3) is 5.78 Å². The molecule has 0 spiro atoms. The first-order chi connectivity index (χ1) is 14.5. The summed E-state index contributed by atoms with van der Waals surface area (Å²) in [7, 11) is 0. The largest absolute Gasteiger partial charge is 0.490 e. The number of amides is 1. The fourth-order valence-corrected chi connectivity index (χ4v) is 4.10. The number of para-hydroxylation sites is 1. The lowest BCUT2D eigenvalue weighted by molar-refractivity contribution is -0.133. The monoisotopic (exact) mass is 411 g/mol. The van der Waals surface area contributed by atoms with Gasteiger partial charge in [0.1, 0.15) is 6.33 Å². The van der Waals surface area contributed by atoms with Gasteiger partial charge in [0.2, 0.25) is 5.91 Å². The third-order valence-corrected chi connectivity index (χ3v) is 5.76. The SMILES string of the molecule is Cc1nc2ncnn2c(C)c1CCC(=O)N1CCC[C@H](COc2ccccc2F)C1. The van der Waals surface area contributed by atoms with E-state index in [1.165, 1.54) is 12.4 Å². The molecule has 0 saturated carbocycles. The number of carbonyl (C=O) groups excluding carboxylic acids is 1. The molecule has 3 aromatic rings. The highest BCUT2D eigenvalue weighted by atomic mass is 19.1. The molecule has 1 fully saturated rings. The average Bonchev–Trinajstić information content (AvgIpc) is 3.21. The van der Waals surface area contributed by atoms with Gasteiger partial charge in [-0.2, -0.15) is 10.1 Å². The van der Waals surface area contributed by atoms with Gasteiger partial charge in [0, 0.05) is 36.8 Å². The second-order valence-corrected chi connectivity index (χ2v) is 7.82. The Labute approximate surface area is 174 Å². The van der Waals surface area contributed by atoms with Gasteiger partial charge < -0.3 is 9.64 Å². The summed E-state index contributed by atoms with van der Waals surface area (Å²) in [5.74, 6) is 0.823. The Balaban J connectivity index is 1.34. The maximum atomic E-state index is 13.7. The van der Waals surface area contributed by atoms with E-state index in [1.807, 2.05) is 18.7 Å². The Bertz CT molecular complexity index is 1050. The number of piperidine rings is 1. The zero-order valence-electron chi connectivity index (χ0n) is 17.3. The van der Waals surface area contributed by atoms with Crippen molar-refractivity contribution in [3.63, 3.8) is 0 Å². The number of hydrogen-bond acceptors (Lipinski definition) is 5. The Hall–Kier alpha value is -3.03. The van der Waals surface area contributed by atoms with E-state index in [4.69, 9.17) is 4.74 Å². The molecule has 7 nitrogen and oxygen atoms in total. The predicted octanol–water partition coefficient (Wildman–Crippen LogP) is 3.13. The molecule has 4 rings (SSSR count). The summed E-state index contributed by atoms with van der Waals surface area (Å²) in [6.07, 6.45) is 4.43. The standard InChI is InChI=1S/C22H26FN5O2/c1-15-18(16(2)28-22(26-15)24-14-25-28)9-10-21(29)27-11-5-6-17(12-27)13-30-20-8-4-3-7-19(20)23/h3-4,7-8,14,17H,5-6,9-13H2,1-2H3/t17-/m0/s1. The maximum absolute atomic E-state index is 13.7. The van der Waals surface area contributed by atoms with Crippen molar-refractivity contribution in [2.24, 2.45) is 5.92 Å². The number of aromatic nitrogens is 4. The molecule has 3 heterocycles. The second-order valence-electron chi connectivity index (χ2n) is 7.82. The van der Waals surface area contributed by atoms with Crippen LogP contribution < -0.4 is 4.74 Å². The van der Waals surface area contributed by atoms with Gasteiger partial charge in [-0.25, -0.2) is 13.9 Å². The van der Waals surface area contributed by atoms with E-state index >= 15 is 0 Å². The van der Waals surface area contributed by atoms with E-state index in [1.54, 1.807) is 22.7 Å². The zero-order chi connectivity index (χ0) is 21.1. The van der Waals surface area contributed by atoms with Gasteiger partial charge >= 0.3 is 0 Å². The molecule has 1 amide bonds. The van der Waals surface area contributed by atoms with Crippen molar-refractivity contribution in [3.05, 3.63) is 53.4 Å². The van der Waals surface area contributed by atoms with E-state index in [-0.39, 0.29) is 23.4 Å². The van der Waals surface area contributed by atoms with Crippen LogP contribution in [-0.2, 0) is 11.2 Å². The van der Waals surface area contributed by atoms with Gasteiger partial charge in [0.05, 0.1) is 6.61 Å². The van der Waals surface area contributed by atoms with Crippen molar-refractivity contribution in [2.45, 2.75) is 39.5 Å². The van der Waals surface area contributed by atoms with Gasteiger partial charge in [-0.3, -0.25) is 4.79 Å². The third-order valence-electron chi connectivity index (χ3n) is 5.76. The Morgan fingerprint density at radius 1 is 1.30 bits per heavy atom. The van der Waals surface area contributed by atoms with Crippen LogP contribution in [-0.4, -0.2) is 50.1 Å². The molecule has 2 aromatic heterocycles. The fraction of sp³-hybridized carbons (Fsp3) is 0.455. The van der Waals surface area contributed by atoms with Crippen LogP contribution in [0.5, 0.6) is 5.75 Å². The van der Waals surface area contributed by atoms with Gasteiger partial charge in [-0.15, -0.1) is 0 Å². The molecule has 1 atom stereocenters. The van der Waals surface area contributed by atoms with Crippen LogP contribution >= 0.6 is 0 Å². The molecule has 1 aliphatic heterocycles. The van der Waals surface area contributed by atoms with E-state index in [9.17, 15) is 9.18 Å². The number of ether oxygens (including phenoxy) is 1. The molecular weight excluding hydrogens is 385 g/mol. The molecule has 1 saturated heterocycles. The smallest absolute Gasteiger partial charge is 0.252 e. The number of nitrogens with zero attached hydrogens (tertiary/aromatic N) is 5. The first kappa shape index (κ1) is 20.3. The zero-order valence-corrected chi connectivity index (χ0v) is 17.3. The average molecular weight is 411 g/mol. The summed E-state index contributed by atoms with van der Waals surface area (Å²) in [5, 5.41) is 4.21. The maximum Gasteiger partial charge on any atom is 0.252 e. The molecule has 8 heteroatoms. The summed E-state index contributed by atoms with van der Waals surface area (Å²) in [5.41, 5.74) is 2.89. The number of rotatable bonds is 6. The number of halogens is 1. The summed E-state index contributed by atoms with van der Waals surface area (Å²) in [6.45, 7) is 5.74. The normalized spacial score (nSPS) is 16.8. The van der Waals surface area contributed by atoms with Crippen molar-refractivity contribution in [1.29, 1.82) is 0 Å². The minimum absolute atomic E-state index is 0.128. The van der Waals surface area contributed by atoms with Crippen molar-refractivity contribution >= 4 is 11.7 Å². The highest BCUT2D eigenvalue weighted by Gasteiger charge is 2.24. The Morgan fingerprint density at radius 3 is 2.97 bits per heavy atom. The number of aryl methyl sites for hydroxylation is 2. The summed E-state index contributed by atoms with van der Waals surface area (Å²) < 4.78 is 21.1. The van der Waals surface area contributed by atoms with E-state index in [0.717, 1.165) is 36.3 Å². The van der Waals surface area contributed by atoms with Crippen LogP contribution in [0.15, 0.2) is 30.6 Å². The number of hydrogen-bond donors (Lipinski definition) is 0. The van der Waals surface area contributed by atoms with Gasteiger partial charge in [-0.05, 0) is 50.8 Å². The highest BCUT2D eigenvalue weighted by molar-refractivity contribution is 5.76. The molecule has 0 radical (unpaired) electrons. The van der Waals surface area contributed by atoms with Crippen LogP contribution in [0.2, 0.25) is 0 Å². The van der Waals surface area contributed by atoms with Crippen LogP contribution in [0, 0.1) is 25.6 Å². The predicted molar refractivity (Wildman–Crippen MR) is 110 cm³/mol. The topological polar surface area (TPSA) is 72.6 Å². The van der Waals surface area contributed by atoms with Crippen LogP contribution in [0.1, 0.15) is 36.2 Å². The van der Waals surface area contributed by atoms with Crippen molar-refractivity contribution < 1.29 is 13.9 Å². The lowest BCUT2D eigenvalue weighted by atomic mass is 9.98. The molecule has 0 aliphatic carbocycles. The minimum Gasteiger partial charge on any atom is -0.490 e. The van der Waals surface area contributed by atoms with E-state index < -0.39 is 0 Å². The molecule has 0 bridgehead atoms. The lowest BCUT2D eigenvalue weighted by Gasteiger charge is -2.33. The fourth-order valence-electron chi connectivity index (χ4n) is 4.10. The molecule has 30 heavy (non-hydrogen) atoms. The van der Waals surface area contributed by atoms with Crippen molar-refractivity contribution in [2.75, 3.05) is 19.7 Å². The second kappa shape index (κ2) is 8.77. The third kappa shape index (κ3) is 4.27. The summed E-state index contributed by atoms with van der Waals surface area (Å²) in [4.78, 5) is 23.4. The Kier molecular flexibility index (Phi) is 5.92. The Morgan fingerprint density at radius 2 is 2.13 bits per heavy atom.